The van der Waals surface area contributed by atoms with Crippen molar-refractivity contribution in [2.75, 3.05) is 7.11 Å². The first-order chi connectivity index (χ1) is 13.6. The molecule has 144 valence electrons. The summed E-state index contributed by atoms with van der Waals surface area (Å²) in [5.41, 5.74) is 2.55. The number of carbonyl (C=O) groups is 1. The van der Waals surface area contributed by atoms with Crippen LogP contribution in [0.5, 0.6) is 5.75 Å². The zero-order valence-corrected chi connectivity index (χ0v) is 16.4. The van der Waals surface area contributed by atoms with Crippen LogP contribution >= 0.6 is 11.3 Å². The Morgan fingerprint density at radius 3 is 2.71 bits per heavy atom. The zero-order chi connectivity index (χ0) is 19.5. The lowest BCUT2D eigenvalue weighted by molar-refractivity contribution is -0.131. The lowest BCUT2D eigenvalue weighted by atomic mass is 10.2. The van der Waals surface area contributed by atoms with Crippen molar-refractivity contribution in [3.63, 3.8) is 0 Å². The van der Waals surface area contributed by atoms with Gasteiger partial charge in [-0.2, -0.15) is 0 Å². The molecule has 0 unspecified atom stereocenters. The summed E-state index contributed by atoms with van der Waals surface area (Å²) in [5, 5.41) is 2.62. The van der Waals surface area contributed by atoms with Crippen LogP contribution in [0, 0.1) is 5.82 Å². The molecule has 0 radical (unpaired) electrons. The topological polar surface area (TPSA) is 42.4 Å². The third-order valence-electron chi connectivity index (χ3n) is 4.78. The summed E-state index contributed by atoms with van der Waals surface area (Å²) in [6.45, 7) is 0.592. The maximum Gasteiger partial charge on any atom is 0.229 e. The Hall–Kier alpha value is -2.73. The van der Waals surface area contributed by atoms with Crippen LogP contribution in [-0.2, 0) is 17.8 Å². The summed E-state index contributed by atoms with van der Waals surface area (Å²) in [6, 6.07) is 14.5. The Morgan fingerprint density at radius 1 is 1.25 bits per heavy atom. The minimum atomic E-state index is -0.287. The fourth-order valence-electron chi connectivity index (χ4n) is 3.13. The zero-order valence-electron chi connectivity index (χ0n) is 15.6. The first kappa shape index (κ1) is 18.6. The normalized spacial score (nSPS) is 13.4. The van der Waals surface area contributed by atoms with Gasteiger partial charge in [-0.3, -0.25) is 4.79 Å². The first-order valence-electron chi connectivity index (χ1n) is 9.25. The van der Waals surface area contributed by atoms with Gasteiger partial charge in [-0.25, -0.2) is 9.37 Å². The average Bonchev–Trinajstić information content (AvgIpc) is 3.44. The van der Waals surface area contributed by atoms with Gasteiger partial charge in [0.2, 0.25) is 5.91 Å². The highest BCUT2D eigenvalue weighted by Crippen LogP contribution is 2.30. The number of aromatic nitrogens is 1. The third kappa shape index (κ3) is 4.39. The minimum absolute atomic E-state index is 0.0782. The second-order valence-electron chi connectivity index (χ2n) is 6.93. The van der Waals surface area contributed by atoms with Gasteiger partial charge >= 0.3 is 0 Å². The van der Waals surface area contributed by atoms with Crippen LogP contribution < -0.4 is 4.74 Å². The molecule has 4 rings (SSSR count). The lowest BCUT2D eigenvalue weighted by Gasteiger charge is -2.22. The Labute approximate surface area is 167 Å². The SMILES string of the molecule is COc1ccc(CN(C(=O)Cc2csc(-c3cccc(F)c3)n2)C2CC2)cc1. The number of halogens is 1. The molecule has 3 aromatic rings. The van der Waals surface area contributed by atoms with Crippen LogP contribution in [0.4, 0.5) is 4.39 Å². The summed E-state index contributed by atoms with van der Waals surface area (Å²) in [7, 11) is 1.64. The maximum atomic E-state index is 13.4. The number of hydrogen-bond donors (Lipinski definition) is 0. The standard InChI is InChI=1S/C22H21FN2O2S/c1-27-20-9-5-15(6-10-20)13-25(19-7-8-19)21(26)12-18-14-28-22(24-18)16-3-2-4-17(23)11-16/h2-6,9-11,14,19H,7-8,12-13H2,1H3. The van der Waals surface area contributed by atoms with E-state index in [9.17, 15) is 9.18 Å². The number of thiazole rings is 1. The van der Waals surface area contributed by atoms with Crippen LogP contribution in [-0.4, -0.2) is 28.9 Å². The van der Waals surface area contributed by atoms with E-state index in [-0.39, 0.29) is 18.1 Å². The van der Waals surface area contributed by atoms with Gasteiger partial charge in [-0.1, -0.05) is 24.3 Å². The number of methoxy groups -OCH3 is 1. The van der Waals surface area contributed by atoms with Gasteiger partial charge in [-0.15, -0.1) is 11.3 Å². The van der Waals surface area contributed by atoms with Gasteiger partial charge in [0, 0.05) is 23.5 Å². The fourth-order valence-corrected chi connectivity index (χ4v) is 3.95. The molecule has 1 saturated carbocycles. The van der Waals surface area contributed by atoms with Gasteiger partial charge in [-0.05, 0) is 42.7 Å². The number of ether oxygens (including phenoxy) is 1. The molecule has 0 atom stereocenters. The van der Waals surface area contributed by atoms with Crippen molar-refractivity contribution >= 4 is 17.2 Å². The van der Waals surface area contributed by atoms with E-state index in [1.165, 1.54) is 23.5 Å². The highest BCUT2D eigenvalue weighted by Gasteiger charge is 2.32. The molecule has 1 aliphatic rings. The summed E-state index contributed by atoms with van der Waals surface area (Å²) in [5.74, 6) is 0.597. The molecule has 0 bridgehead atoms. The molecular weight excluding hydrogens is 375 g/mol. The van der Waals surface area contributed by atoms with Crippen molar-refractivity contribution in [3.8, 4) is 16.3 Å². The van der Waals surface area contributed by atoms with Crippen LogP contribution in [0.2, 0.25) is 0 Å². The molecule has 1 fully saturated rings. The number of hydrogen-bond acceptors (Lipinski definition) is 4. The molecular formula is C22H21FN2O2S. The van der Waals surface area contributed by atoms with E-state index in [1.54, 1.807) is 13.2 Å². The molecule has 28 heavy (non-hydrogen) atoms. The van der Waals surface area contributed by atoms with E-state index in [1.807, 2.05) is 40.6 Å². The van der Waals surface area contributed by atoms with Gasteiger partial charge in [0.15, 0.2) is 0 Å². The number of benzene rings is 2. The second kappa shape index (κ2) is 8.10. The largest absolute Gasteiger partial charge is 0.497 e. The van der Waals surface area contributed by atoms with E-state index in [0.29, 0.717) is 12.6 Å². The van der Waals surface area contributed by atoms with Crippen molar-refractivity contribution in [3.05, 3.63) is 71.0 Å². The summed E-state index contributed by atoms with van der Waals surface area (Å²) in [6.07, 6.45) is 2.36. The molecule has 2 aromatic carbocycles. The minimum Gasteiger partial charge on any atom is -0.497 e. The third-order valence-corrected chi connectivity index (χ3v) is 5.72. The first-order valence-corrected chi connectivity index (χ1v) is 10.1. The fraction of sp³-hybridized carbons (Fsp3) is 0.273. The molecule has 1 heterocycles. The van der Waals surface area contributed by atoms with E-state index in [0.717, 1.165) is 40.4 Å². The molecule has 0 aliphatic heterocycles. The van der Waals surface area contributed by atoms with Crippen molar-refractivity contribution in [1.82, 2.24) is 9.88 Å². The quantitative estimate of drug-likeness (QED) is 0.582. The van der Waals surface area contributed by atoms with E-state index >= 15 is 0 Å². The van der Waals surface area contributed by atoms with Crippen molar-refractivity contribution in [1.29, 1.82) is 0 Å². The number of carbonyl (C=O) groups excluding carboxylic acids is 1. The monoisotopic (exact) mass is 396 g/mol. The molecule has 6 heteroatoms. The number of nitrogens with zero attached hydrogens (tertiary/aromatic N) is 2. The van der Waals surface area contributed by atoms with Crippen LogP contribution in [0.3, 0.4) is 0 Å². The highest BCUT2D eigenvalue weighted by atomic mass is 32.1. The second-order valence-corrected chi connectivity index (χ2v) is 7.79. The Balaban J connectivity index is 1.45. The lowest BCUT2D eigenvalue weighted by Crippen LogP contribution is -2.33. The van der Waals surface area contributed by atoms with Gasteiger partial charge in [0.25, 0.3) is 0 Å². The van der Waals surface area contributed by atoms with Gasteiger partial charge in [0.05, 0.1) is 19.2 Å². The van der Waals surface area contributed by atoms with E-state index in [2.05, 4.69) is 4.98 Å². The smallest absolute Gasteiger partial charge is 0.229 e. The average molecular weight is 396 g/mol. The molecule has 0 spiro atoms. The molecule has 1 aromatic heterocycles. The number of rotatable bonds is 7. The molecule has 0 saturated heterocycles. The predicted molar refractivity (Wildman–Crippen MR) is 108 cm³/mol. The Morgan fingerprint density at radius 2 is 2.04 bits per heavy atom. The van der Waals surface area contributed by atoms with Crippen molar-refractivity contribution < 1.29 is 13.9 Å². The maximum absolute atomic E-state index is 13.4. The van der Waals surface area contributed by atoms with Crippen LogP contribution in [0.15, 0.2) is 53.9 Å². The number of amides is 1. The summed E-state index contributed by atoms with van der Waals surface area (Å²) in [4.78, 5) is 19.4. The summed E-state index contributed by atoms with van der Waals surface area (Å²) >= 11 is 1.43. The summed E-state index contributed by atoms with van der Waals surface area (Å²) < 4.78 is 18.6. The van der Waals surface area contributed by atoms with Crippen molar-refractivity contribution in [2.24, 2.45) is 0 Å². The van der Waals surface area contributed by atoms with Crippen LogP contribution in [0.1, 0.15) is 24.1 Å². The molecule has 1 amide bonds. The Kier molecular flexibility index (Phi) is 5.39. The predicted octanol–water partition coefficient (Wildman–Crippen LogP) is 4.69. The van der Waals surface area contributed by atoms with Crippen LogP contribution in [0.25, 0.3) is 10.6 Å². The van der Waals surface area contributed by atoms with Gasteiger partial charge in [0.1, 0.15) is 16.6 Å². The highest BCUT2D eigenvalue weighted by molar-refractivity contribution is 7.13. The van der Waals surface area contributed by atoms with E-state index < -0.39 is 0 Å². The molecule has 4 nitrogen and oxygen atoms in total. The van der Waals surface area contributed by atoms with E-state index in [4.69, 9.17) is 4.74 Å². The van der Waals surface area contributed by atoms with Gasteiger partial charge < -0.3 is 9.64 Å². The molecule has 0 N–H and O–H groups in total. The Bertz CT molecular complexity index is 967. The van der Waals surface area contributed by atoms with Crippen molar-refractivity contribution in [2.45, 2.75) is 31.8 Å². The molecule has 1 aliphatic carbocycles.